The highest BCUT2D eigenvalue weighted by molar-refractivity contribution is 5.82. The molecule has 0 radical (unpaired) electrons. The van der Waals surface area contributed by atoms with E-state index < -0.39 is 11.4 Å². The van der Waals surface area contributed by atoms with Crippen LogP contribution in [0.25, 0.3) is 0 Å². The third-order valence-electron chi connectivity index (χ3n) is 3.77. The Balaban J connectivity index is 2.52. The Morgan fingerprint density at radius 1 is 1.38 bits per heavy atom. The van der Waals surface area contributed by atoms with Gasteiger partial charge in [0.05, 0.1) is 5.41 Å². The Bertz CT molecular complexity index is 424. The number of benzene rings is 1. The van der Waals surface area contributed by atoms with Crippen LogP contribution in [0.15, 0.2) is 12.1 Å². The second-order valence-electron chi connectivity index (χ2n) is 4.64. The summed E-state index contributed by atoms with van der Waals surface area (Å²) in [6, 6.07) is 3.20. The van der Waals surface area contributed by atoms with Gasteiger partial charge in [0.2, 0.25) is 0 Å². The quantitative estimate of drug-likeness (QED) is 0.835. The van der Waals surface area contributed by atoms with E-state index in [-0.39, 0.29) is 5.82 Å². The number of aryl methyl sites for hydroxylation is 1. The largest absolute Gasteiger partial charge is 0.481 e. The molecule has 0 spiro atoms. The van der Waals surface area contributed by atoms with E-state index in [2.05, 4.69) is 0 Å². The van der Waals surface area contributed by atoms with Crippen molar-refractivity contribution in [1.29, 1.82) is 0 Å². The molecule has 0 aliphatic heterocycles. The molecule has 1 aliphatic rings. The van der Waals surface area contributed by atoms with E-state index in [0.717, 1.165) is 12.0 Å². The second kappa shape index (κ2) is 3.58. The lowest BCUT2D eigenvalue weighted by atomic mass is 9.64. The van der Waals surface area contributed by atoms with E-state index in [1.807, 2.05) is 13.0 Å². The van der Waals surface area contributed by atoms with Crippen molar-refractivity contribution in [3.05, 3.63) is 34.6 Å². The van der Waals surface area contributed by atoms with Crippen LogP contribution in [0.4, 0.5) is 4.39 Å². The molecular weight excluding hydrogens is 207 g/mol. The molecule has 0 aromatic heterocycles. The summed E-state index contributed by atoms with van der Waals surface area (Å²) in [4.78, 5) is 11.3. The molecule has 1 aliphatic carbocycles. The number of rotatable bonds is 2. The highest BCUT2D eigenvalue weighted by Gasteiger charge is 2.46. The summed E-state index contributed by atoms with van der Waals surface area (Å²) in [7, 11) is 0. The van der Waals surface area contributed by atoms with Gasteiger partial charge in [0.1, 0.15) is 5.82 Å². The average Bonchev–Trinajstić information content (AvgIpc) is 2.11. The molecule has 1 fully saturated rings. The van der Waals surface area contributed by atoms with Gasteiger partial charge in [0, 0.05) is 0 Å². The Kier molecular flexibility index (Phi) is 2.49. The van der Waals surface area contributed by atoms with Crippen molar-refractivity contribution in [2.75, 3.05) is 0 Å². The van der Waals surface area contributed by atoms with Crippen LogP contribution in [0.1, 0.15) is 36.0 Å². The number of halogens is 1. The van der Waals surface area contributed by atoms with E-state index >= 15 is 0 Å². The van der Waals surface area contributed by atoms with Gasteiger partial charge >= 0.3 is 5.97 Å². The summed E-state index contributed by atoms with van der Waals surface area (Å²) in [6.07, 6.45) is 2.13. The van der Waals surface area contributed by atoms with Gasteiger partial charge in [-0.1, -0.05) is 12.5 Å². The molecular formula is C13H15FO2. The van der Waals surface area contributed by atoms with Crippen molar-refractivity contribution in [2.45, 2.75) is 38.5 Å². The van der Waals surface area contributed by atoms with Gasteiger partial charge in [-0.05, 0) is 49.4 Å². The predicted octanol–water partition coefficient (Wildman–Crippen LogP) is 2.95. The summed E-state index contributed by atoms with van der Waals surface area (Å²) in [5.74, 6) is -1.14. The number of carboxylic acids is 1. The maximum absolute atomic E-state index is 13.6. The highest BCUT2D eigenvalue weighted by atomic mass is 19.1. The fourth-order valence-corrected chi connectivity index (χ4v) is 2.25. The molecule has 1 N–H and O–H groups in total. The summed E-state index contributed by atoms with van der Waals surface area (Å²) >= 11 is 0. The second-order valence-corrected chi connectivity index (χ2v) is 4.64. The van der Waals surface area contributed by atoms with E-state index in [1.165, 1.54) is 6.07 Å². The van der Waals surface area contributed by atoms with Crippen LogP contribution in [0.2, 0.25) is 0 Å². The fourth-order valence-electron chi connectivity index (χ4n) is 2.25. The van der Waals surface area contributed by atoms with E-state index in [1.54, 1.807) is 6.92 Å². The fraction of sp³-hybridized carbons (Fsp3) is 0.462. The first-order valence-electron chi connectivity index (χ1n) is 5.48. The molecule has 0 saturated heterocycles. The molecule has 0 unspecified atom stereocenters. The van der Waals surface area contributed by atoms with Gasteiger partial charge in [-0.25, -0.2) is 4.39 Å². The molecule has 1 aromatic rings. The molecule has 2 rings (SSSR count). The lowest BCUT2D eigenvalue weighted by molar-refractivity contribution is -0.147. The summed E-state index contributed by atoms with van der Waals surface area (Å²) in [5, 5.41) is 9.27. The van der Waals surface area contributed by atoms with E-state index in [4.69, 9.17) is 0 Å². The zero-order chi connectivity index (χ0) is 11.9. The van der Waals surface area contributed by atoms with Crippen molar-refractivity contribution < 1.29 is 14.3 Å². The van der Waals surface area contributed by atoms with Crippen LogP contribution >= 0.6 is 0 Å². The van der Waals surface area contributed by atoms with Gasteiger partial charge in [0.15, 0.2) is 0 Å². The van der Waals surface area contributed by atoms with Gasteiger partial charge in [-0.3, -0.25) is 4.79 Å². The minimum Gasteiger partial charge on any atom is -0.481 e. The van der Waals surface area contributed by atoms with Crippen molar-refractivity contribution in [1.82, 2.24) is 0 Å². The molecule has 0 bridgehead atoms. The Hall–Kier alpha value is -1.38. The Morgan fingerprint density at radius 2 is 2.00 bits per heavy atom. The van der Waals surface area contributed by atoms with Gasteiger partial charge in [-0.2, -0.15) is 0 Å². The molecule has 3 heteroatoms. The minimum atomic E-state index is -0.834. The maximum Gasteiger partial charge on any atom is 0.314 e. The van der Waals surface area contributed by atoms with Crippen molar-refractivity contribution in [2.24, 2.45) is 0 Å². The topological polar surface area (TPSA) is 37.3 Å². The summed E-state index contributed by atoms with van der Waals surface area (Å²) < 4.78 is 13.6. The van der Waals surface area contributed by atoms with Gasteiger partial charge < -0.3 is 5.11 Å². The zero-order valence-corrected chi connectivity index (χ0v) is 9.51. The normalized spacial score (nSPS) is 17.9. The molecule has 16 heavy (non-hydrogen) atoms. The van der Waals surface area contributed by atoms with Crippen molar-refractivity contribution in [3.8, 4) is 0 Å². The van der Waals surface area contributed by atoms with Crippen LogP contribution in [-0.4, -0.2) is 11.1 Å². The summed E-state index contributed by atoms with van der Waals surface area (Å²) in [6.45, 7) is 3.53. The van der Waals surface area contributed by atoms with Crippen molar-refractivity contribution in [3.63, 3.8) is 0 Å². The van der Waals surface area contributed by atoms with E-state index in [0.29, 0.717) is 24.0 Å². The first-order valence-corrected chi connectivity index (χ1v) is 5.48. The van der Waals surface area contributed by atoms with Gasteiger partial charge in [0.25, 0.3) is 0 Å². The third-order valence-corrected chi connectivity index (χ3v) is 3.77. The first kappa shape index (κ1) is 11.1. The highest BCUT2D eigenvalue weighted by Crippen LogP contribution is 2.44. The standard InChI is InChI=1S/C13H15FO2/c1-8-6-10(7-11(14)9(8)2)13(12(15)16)4-3-5-13/h6-7H,3-5H2,1-2H3,(H,15,16). The van der Waals surface area contributed by atoms with Crippen LogP contribution in [0.3, 0.4) is 0 Å². The number of hydrogen-bond acceptors (Lipinski definition) is 1. The first-order chi connectivity index (χ1) is 7.47. The van der Waals surface area contributed by atoms with Crippen LogP contribution in [0.5, 0.6) is 0 Å². The average molecular weight is 222 g/mol. The predicted molar refractivity (Wildman–Crippen MR) is 59.0 cm³/mol. The molecule has 1 saturated carbocycles. The molecule has 86 valence electrons. The Morgan fingerprint density at radius 3 is 2.38 bits per heavy atom. The third kappa shape index (κ3) is 1.42. The zero-order valence-electron chi connectivity index (χ0n) is 9.51. The van der Waals surface area contributed by atoms with Crippen LogP contribution in [-0.2, 0) is 10.2 Å². The van der Waals surface area contributed by atoms with Crippen molar-refractivity contribution >= 4 is 5.97 Å². The number of carboxylic acid groups (broad SMARTS) is 1. The van der Waals surface area contributed by atoms with Crippen LogP contribution in [0, 0.1) is 19.7 Å². The molecule has 2 nitrogen and oxygen atoms in total. The van der Waals surface area contributed by atoms with Gasteiger partial charge in [-0.15, -0.1) is 0 Å². The Labute approximate surface area is 94.1 Å². The molecule has 1 aromatic carbocycles. The smallest absolute Gasteiger partial charge is 0.314 e. The monoisotopic (exact) mass is 222 g/mol. The molecule has 0 atom stereocenters. The SMILES string of the molecule is Cc1cc(C2(C(=O)O)CCC2)cc(F)c1C. The lowest BCUT2D eigenvalue weighted by Gasteiger charge is -2.38. The summed E-state index contributed by atoms with van der Waals surface area (Å²) in [5.41, 5.74) is 1.21. The molecule has 0 heterocycles. The maximum atomic E-state index is 13.6. The lowest BCUT2D eigenvalue weighted by Crippen LogP contribution is -2.42. The minimum absolute atomic E-state index is 0.303. The number of hydrogen-bond donors (Lipinski definition) is 1. The number of carbonyl (C=O) groups is 1. The van der Waals surface area contributed by atoms with Crippen LogP contribution < -0.4 is 0 Å². The molecule has 0 amide bonds. The van der Waals surface area contributed by atoms with E-state index in [9.17, 15) is 14.3 Å². The number of aliphatic carboxylic acids is 1.